The molecule has 6 nitrogen and oxygen atoms in total. The van der Waals surface area contributed by atoms with Gasteiger partial charge in [0, 0.05) is 5.56 Å². The van der Waals surface area contributed by atoms with E-state index in [0.29, 0.717) is 5.56 Å². The zero-order chi connectivity index (χ0) is 13.1. The van der Waals surface area contributed by atoms with Crippen LogP contribution in [0.2, 0.25) is 0 Å². The molecule has 0 spiro atoms. The van der Waals surface area contributed by atoms with Crippen molar-refractivity contribution in [3.05, 3.63) is 35.9 Å². The Kier molecular flexibility index (Phi) is 7.63. The lowest BCUT2D eigenvalue weighted by atomic mass is 10.2. The number of benzene rings is 1. The summed E-state index contributed by atoms with van der Waals surface area (Å²) in [4.78, 5) is 14.5. The zero-order valence-corrected chi connectivity index (χ0v) is 9.77. The molecule has 0 fully saturated rings. The molecule has 0 saturated carbocycles. The molecule has 6 heteroatoms. The van der Waals surface area contributed by atoms with E-state index >= 15 is 0 Å². The lowest BCUT2D eigenvalue weighted by Gasteiger charge is -2.01. The number of hydrogen-bond donors (Lipinski definition) is 3. The Morgan fingerprint density at radius 3 is 2.35 bits per heavy atom. The second-order valence-electron chi connectivity index (χ2n) is 2.92. The van der Waals surface area contributed by atoms with E-state index in [1.807, 2.05) is 14.1 Å². The van der Waals surface area contributed by atoms with Gasteiger partial charge in [0.25, 0.3) is 5.91 Å². The summed E-state index contributed by atoms with van der Waals surface area (Å²) in [5.41, 5.74) is 5.68. The molecule has 0 aromatic heterocycles. The molecule has 1 aromatic carbocycles. The van der Waals surface area contributed by atoms with Gasteiger partial charge in [-0.1, -0.05) is 18.2 Å². The molecule has 0 bridgehead atoms. The van der Waals surface area contributed by atoms with Gasteiger partial charge in [-0.15, -0.1) is 4.99 Å². The summed E-state index contributed by atoms with van der Waals surface area (Å²) in [5, 5.41) is 13.2. The van der Waals surface area contributed by atoms with Crippen molar-refractivity contribution in [3.8, 4) is 6.19 Å². The van der Waals surface area contributed by atoms with Crippen LogP contribution in [0, 0.1) is 11.5 Å². The Morgan fingerprint density at radius 2 is 1.88 bits per heavy atom. The minimum atomic E-state index is -0.387. The van der Waals surface area contributed by atoms with Gasteiger partial charge in [0.2, 0.25) is 12.2 Å². The first kappa shape index (κ1) is 14.6. The average Bonchev–Trinajstić information content (AvgIpc) is 2.31. The fraction of sp³-hybridized carbons (Fsp3) is 0.182. The normalized spacial score (nSPS) is 9.59. The van der Waals surface area contributed by atoms with Crippen LogP contribution in [-0.4, -0.2) is 26.0 Å². The van der Waals surface area contributed by atoms with Crippen molar-refractivity contribution < 1.29 is 4.79 Å². The molecule has 1 amide bonds. The third kappa shape index (κ3) is 6.65. The predicted octanol–water partition coefficient (Wildman–Crippen LogP) is 0.0478. The van der Waals surface area contributed by atoms with E-state index in [1.54, 1.807) is 30.3 Å². The third-order valence-electron chi connectivity index (χ3n) is 1.45. The molecule has 0 radical (unpaired) electrons. The average molecular weight is 233 g/mol. The molecule has 0 unspecified atom stereocenters. The molecule has 90 valence electrons. The standard InChI is InChI=1S/C9H8N4O.C2H7N/c10-6-12-9(11)13-8(14)7-4-2-1-3-5-7;1-3-2/h1-5H,(H3,11,12,13,14);3H,1-2H3. The minimum absolute atomic E-state index is 0.207. The Morgan fingerprint density at radius 1 is 1.35 bits per heavy atom. The summed E-state index contributed by atoms with van der Waals surface area (Å²) < 4.78 is 0. The van der Waals surface area contributed by atoms with Crippen molar-refractivity contribution in [2.75, 3.05) is 14.1 Å². The number of nitrogens with one attached hydrogen (secondary N) is 2. The van der Waals surface area contributed by atoms with Crippen LogP contribution in [0.25, 0.3) is 0 Å². The summed E-state index contributed by atoms with van der Waals surface area (Å²) in [5.74, 6) is -0.594. The van der Waals surface area contributed by atoms with Crippen LogP contribution < -0.4 is 16.4 Å². The van der Waals surface area contributed by atoms with Crippen LogP contribution in [-0.2, 0) is 0 Å². The van der Waals surface area contributed by atoms with E-state index in [1.165, 1.54) is 6.19 Å². The first-order valence-electron chi connectivity index (χ1n) is 4.82. The number of nitrogens with zero attached hydrogens (tertiary/aromatic N) is 2. The van der Waals surface area contributed by atoms with Gasteiger partial charge in [-0.05, 0) is 26.2 Å². The van der Waals surface area contributed by atoms with Gasteiger partial charge >= 0.3 is 0 Å². The lowest BCUT2D eigenvalue weighted by molar-refractivity contribution is 0.0976. The van der Waals surface area contributed by atoms with Crippen LogP contribution in [0.1, 0.15) is 10.4 Å². The lowest BCUT2D eigenvalue weighted by Crippen LogP contribution is -2.36. The molecule has 0 heterocycles. The maximum Gasteiger partial charge on any atom is 0.257 e. The molecule has 0 atom stereocenters. The van der Waals surface area contributed by atoms with E-state index in [-0.39, 0.29) is 11.9 Å². The van der Waals surface area contributed by atoms with E-state index in [9.17, 15) is 4.79 Å². The molecular formula is C11H15N5O. The molecule has 0 aliphatic rings. The molecule has 0 saturated heterocycles. The topological polar surface area (TPSA) is 103 Å². The van der Waals surface area contributed by atoms with E-state index in [2.05, 4.69) is 15.6 Å². The number of nitrogens with two attached hydrogens (primary N) is 1. The molecule has 1 aromatic rings. The van der Waals surface area contributed by atoms with Crippen molar-refractivity contribution in [3.63, 3.8) is 0 Å². The summed E-state index contributed by atoms with van der Waals surface area (Å²) in [6.45, 7) is 0. The number of rotatable bonds is 1. The summed E-state index contributed by atoms with van der Waals surface area (Å²) in [7, 11) is 3.75. The van der Waals surface area contributed by atoms with Gasteiger partial charge < -0.3 is 11.1 Å². The first-order chi connectivity index (χ1) is 8.15. The number of aliphatic imine (C=N–C) groups is 1. The van der Waals surface area contributed by atoms with Gasteiger partial charge in [0.1, 0.15) is 0 Å². The van der Waals surface area contributed by atoms with E-state index < -0.39 is 0 Å². The van der Waals surface area contributed by atoms with Crippen molar-refractivity contribution >= 4 is 11.9 Å². The van der Waals surface area contributed by atoms with Crippen LogP contribution in [0.4, 0.5) is 0 Å². The summed E-state index contributed by atoms with van der Waals surface area (Å²) in [6, 6.07) is 8.52. The number of amides is 1. The molecule has 0 aliphatic heterocycles. The fourth-order valence-electron chi connectivity index (χ4n) is 0.860. The highest BCUT2D eigenvalue weighted by atomic mass is 16.1. The molecule has 0 aliphatic carbocycles. The van der Waals surface area contributed by atoms with Crippen molar-refractivity contribution in [1.29, 1.82) is 5.26 Å². The Bertz CT molecular complexity index is 408. The summed E-state index contributed by atoms with van der Waals surface area (Å²) >= 11 is 0. The van der Waals surface area contributed by atoms with E-state index in [0.717, 1.165) is 0 Å². The zero-order valence-electron chi connectivity index (χ0n) is 9.77. The number of carbonyl (C=O) groups is 1. The second-order valence-corrected chi connectivity index (χ2v) is 2.92. The fourth-order valence-corrected chi connectivity index (χ4v) is 0.860. The van der Waals surface area contributed by atoms with Crippen molar-refractivity contribution in [2.24, 2.45) is 10.7 Å². The highest BCUT2D eigenvalue weighted by molar-refractivity contribution is 6.05. The molecular weight excluding hydrogens is 218 g/mol. The molecule has 4 N–H and O–H groups in total. The smallest absolute Gasteiger partial charge is 0.257 e. The van der Waals surface area contributed by atoms with Crippen LogP contribution >= 0.6 is 0 Å². The van der Waals surface area contributed by atoms with Crippen LogP contribution in [0.15, 0.2) is 35.3 Å². The van der Waals surface area contributed by atoms with Gasteiger partial charge in [-0.25, -0.2) is 0 Å². The van der Waals surface area contributed by atoms with Crippen molar-refractivity contribution in [2.45, 2.75) is 0 Å². The summed E-state index contributed by atoms with van der Waals surface area (Å²) in [6.07, 6.45) is 1.47. The maximum absolute atomic E-state index is 11.3. The van der Waals surface area contributed by atoms with Gasteiger partial charge in [0.15, 0.2) is 0 Å². The van der Waals surface area contributed by atoms with Crippen LogP contribution in [0.5, 0.6) is 0 Å². The van der Waals surface area contributed by atoms with Gasteiger partial charge in [-0.3, -0.25) is 10.1 Å². The second kappa shape index (κ2) is 8.88. The largest absolute Gasteiger partial charge is 0.369 e. The Labute approximate surface area is 100 Å². The SMILES string of the molecule is CNC.N#CN=C(N)NC(=O)c1ccccc1. The highest BCUT2D eigenvalue weighted by Gasteiger charge is 2.04. The van der Waals surface area contributed by atoms with E-state index in [4.69, 9.17) is 11.0 Å². The van der Waals surface area contributed by atoms with Gasteiger partial charge in [-0.2, -0.15) is 5.26 Å². The van der Waals surface area contributed by atoms with Crippen molar-refractivity contribution in [1.82, 2.24) is 10.6 Å². The Hall–Kier alpha value is -2.39. The monoisotopic (exact) mass is 233 g/mol. The first-order valence-corrected chi connectivity index (χ1v) is 4.82. The third-order valence-corrected chi connectivity index (χ3v) is 1.45. The predicted molar refractivity (Wildman–Crippen MR) is 66.1 cm³/mol. The quantitative estimate of drug-likeness (QED) is 0.362. The Balaban J connectivity index is 0.000000770. The number of hydrogen-bond acceptors (Lipinski definition) is 4. The molecule has 1 rings (SSSR count). The number of guanidine groups is 1. The number of nitriles is 1. The minimum Gasteiger partial charge on any atom is -0.369 e. The maximum atomic E-state index is 11.3. The van der Waals surface area contributed by atoms with Gasteiger partial charge in [0.05, 0.1) is 0 Å². The number of carbonyl (C=O) groups excluding carboxylic acids is 1. The highest BCUT2D eigenvalue weighted by Crippen LogP contribution is 1.96. The van der Waals surface area contributed by atoms with Crippen LogP contribution in [0.3, 0.4) is 0 Å². The molecule has 17 heavy (non-hydrogen) atoms.